The molecule has 4 unspecified atom stereocenters. The van der Waals surface area contributed by atoms with Crippen LogP contribution < -0.4 is 0 Å². The van der Waals surface area contributed by atoms with E-state index in [0.717, 1.165) is 29.6 Å². The van der Waals surface area contributed by atoms with Crippen molar-refractivity contribution < 1.29 is 4.42 Å². The maximum atomic E-state index is 5.84. The molecular weight excluding hydrogens is 248 g/mol. The van der Waals surface area contributed by atoms with Crippen LogP contribution in [0.2, 0.25) is 0 Å². The van der Waals surface area contributed by atoms with Gasteiger partial charge < -0.3 is 4.42 Å². The Bertz CT molecular complexity index is 479. The molecule has 1 aromatic rings. The van der Waals surface area contributed by atoms with E-state index in [1.165, 1.54) is 25.7 Å². The van der Waals surface area contributed by atoms with Gasteiger partial charge in [-0.25, -0.2) is 0 Å². The molecule has 20 heavy (non-hydrogen) atoms. The Labute approximate surface area is 122 Å². The third-order valence-corrected chi connectivity index (χ3v) is 6.01. The second-order valence-corrected chi connectivity index (χ2v) is 7.63. The Morgan fingerprint density at radius 1 is 1.15 bits per heavy atom. The highest BCUT2D eigenvalue weighted by Gasteiger charge is 2.64. The van der Waals surface area contributed by atoms with E-state index < -0.39 is 0 Å². The van der Waals surface area contributed by atoms with Crippen molar-refractivity contribution in [3.8, 4) is 0 Å². The Hall–Kier alpha value is -0.860. The first-order valence-electron chi connectivity index (χ1n) is 8.27. The number of aromatic nitrogens is 2. The summed E-state index contributed by atoms with van der Waals surface area (Å²) in [7, 11) is 0. The number of hydrogen-bond acceptors (Lipinski definition) is 3. The maximum Gasteiger partial charge on any atom is 0.223 e. The highest BCUT2D eigenvalue weighted by atomic mass is 16.4. The van der Waals surface area contributed by atoms with Crippen LogP contribution in [-0.2, 0) is 5.41 Å². The van der Waals surface area contributed by atoms with E-state index in [1.54, 1.807) is 0 Å². The van der Waals surface area contributed by atoms with Crippen LogP contribution in [0.3, 0.4) is 0 Å². The Balaban J connectivity index is 1.86. The van der Waals surface area contributed by atoms with Crippen molar-refractivity contribution in [2.75, 3.05) is 0 Å². The zero-order chi connectivity index (χ0) is 14.5. The molecule has 2 aliphatic carbocycles. The van der Waals surface area contributed by atoms with Gasteiger partial charge in [0.25, 0.3) is 0 Å². The second kappa shape index (κ2) is 4.85. The van der Waals surface area contributed by atoms with Crippen LogP contribution in [0.4, 0.5) is 0 Å². The lowest BCUT2D eigenvalue weighted by Gasteiger charge is -2.27. The minimum absolute atomic E-state index is 0.170. The van der Waals surface area contributed by atoms with Crippen LogP contribution >= 0.6 is 0 Å². The summed E-state index contributed by atoms with van der Waals surface area (Å²) in [6.45, 7) is 11.3. The van der Waals surface area contributed by atoms with E-state index in [4.69, 9.17) is 4.42 Å². The fourth-order valence-corrected chi connectivity index (χ4v) is 4.82. The SMILES string of the molecule is Cc1nnc(C2(C(C)C)CC2C2CCCC2C(C)C)o1. The summed E-state index contributed by atoms with van der Waals surface area (Å²) in [6, 6.07) is 0. The predicted molar refractivity (Wildman–Crippen MR) is 79.3 cm³/mol. The number of rotatable bonds is 4. The van der Waals surface area contributed by atoms with E-state index in [0.29, 0.717) is 11.8 Å². The molecule has 3 rings (SSSR count). The minimum Gasteiger partial charge on any atom is -0.425 e. The zero-order valence-electron chi connectivity index (χ0n) is 13.5. The Kier molecular flexibility index (Phi) is 3.42. The third-order valence-electron chi connectivity index (χ3n) is 6.01. The number of hydrogen-bond donors (Lipinski definition) is 0. The lowest BCUT2D eigenvalue weighted by Crippen LogP contribution is -2.25. The molecule has 1 heterocycles. The van der Waals surface area contributed by atoms with Crippen LogP contribution in [0, 0.1) is 36.5 Å². The van der Waals surface area contributed by atoms with Crippen LogP contribution in [0.15, 0.2) is 4.42 Å². The molecule has 112 valence electrons. The van der Waals surface area contributed by atoms with Crippen LogP contribution in [-0.4, -0.2) is 10.2 Å². The molecule has 0 aromatic carbocycles. The van der Waals surface area contributed by atoms with E-state index in [2.05, 4.69) is 37.9 Å². The van der Waals surface area contributed by atoms with Crippen LogP contribution in [0.1, 0.15) is 65.2 Å². The molecule has 0 aliphatic heterocycles. The molecule has 2 fully saturated rings. The molecule has 0 radical (unpaired) electrons. The van der Waals surface area contributed by atoms with Gasteiger partial charge in [0.1, 0.15) is 0 Å². The third kappa shape index (κ3) is 2.01. The second-order valence-electron chi connectivity index (χ2n) is 7.63. The van der Waals surface area contributed by atoms with Gasteiger partial charge in [0.05, 0.1) is 5.41 Å². The summed E-state index contributed by atoms with van der Waals surface area (Å²) in [5, 5.41) is 8.45. The molecule has 0 spiro atoms. The molecule has 2 aliphatic rings. The van der Waals surface area contributed by atoms with Gasteiger partial charge in [0, 0.05) is 6.92 Å². The van der Waals surface area contributed by atoms with Crippen molar-refractivity contribution in [1.29, 1.82) is 0 Å². The molecule has 1 aromatic heterocycles. The lowest BCUT2D eigenvalue weighted by molar-refractivity contribution is 0.225. The molecule has 3 nitrogen and oxygen atoms in total. The van der Waals surface area contributed by atoms with Crippen molar-refractivity contribution in [2.24, 2.45) is 29.6 Å². The van der Waals surface area contributed by atoms with Gasteiger partial charge in [-0.1, -0.05) is 34.1 Å². The standard InChI is InChI=1S/C17H28N2O/c1-10(2)13-7-6-8-14(13)15-9-17(15,11(3)4)16-19-18-12(5)20-16/h10-11,13-15H,6-9H2,1-5H3. The van der Waals surface area contributed by atoms with Gasteiger partial charge >= 0.3 is 0 Å². The molecule has 0 N–H and O–H groups in total. The van der Waals surface area contributed by atoms with Gasteiger partial charge in [-0.3, -0.25) is 0 Å². The first kappa shape index (κ1) is 14.1. The van der Waals surface area contributed by atoms with E-state index >= 15 is 0 Å². The van der Waals surface area contributed by atoms with Gasteiger partial charge in [0.2, 0.25) is 11.8 Å². The monoisotopic (exact) mass is 276 g/mol. The average molecular weight is 276 g/mol. The summed E-state index contributed by atoms with van der Waals surface area (Å²) in [6.07, 6.45) is 5.46. The fourth-order valence-electron chi connectivity index (χ4n) is 4.82. The fraction of sp³-hybridized carbons (Fsp3) is 0.882. The first-order valence-corrected chi connectivity index (χ1v) is 8.27. The topological polar surface area (TPSA) is 38.9 Å². The largest absolute Gasteiger partial charge is 0.425 e. The summed E-state index contributed by atoms with van der Waals surface area (Å²) < 4.78 is 5.84. The minimum atomic E-state index is 0.170. The van der Waals surface area contributed by atoms with Crippen molar-refractivity contribution in [1.82, 2.24) is 10.2 Å². The molecule has 0 amide bonds. The smallest absolute Gasteiger partial charge is 0.223 e. The Morgan fingerprint density at radius 3 is 2.45 bits per heavy atom. The molecule has 0 bridgehead atoms. The maximum absolute atomic E-state index is 5.84. The van der Waals surface area contributed by atoms with Gasteiger partial charge in [-0.2, -0.15) is 0 Å². The molecule has 4 atom stereocenters. The molecule has 3 heteroatoms. The average Bonchev–Trinajstić information content (AvgIpc) is 2.74. The molecule has 2 saturated carbocycles. The highest BCUT2D eigenvalue weighted by molar-refractivity contribution is 5.23. The Morgan fingerprint density at radius 2 is 1.90 bits per heavy atom. The lowest BCUT2D eigenvalue weighted by atomic mass is 9.78. The zero-order valence-corrected chi connectivity index (χ0v) is 13.5. The van der Waals surface area contributed by atoms with E-state index in [-0.39, 0.29) is 5.41 Å². The van der Waals surface area contributed by atoms with Crippen molar-refractivity contribution in [3.05, 3.63) is 11.8 Å². The normalized spacial score (nSPS) is 37.0. The molecule has 0 saturated heterocycles. The van der Waals surface area contributed by atoms with E-state index in [1.807, 2.05) is 6.92 Å². The quantitative estimate of drug-likeness (QED) is 0.820. The van der Waals surface area contributed by atoms with Crippen LogP contribution in [0.25, 0.3) is 0 Å². The van der Waals surface area contributed by atoms with Crippen LogP contribution in [0.5, 0.6) is 0 Å². The van der Waals surface area contributed by atoms with Gasteiger partial charge in [-0.05, 0) is 48.9 Å². The highest BCUT2D eigenvalue weighted by Crippen LogP contribution is 2.65. The van der Waals surface area contributed by atoms with E-state index in [9.17, 15) is 0 Å². The van der Waals surface area contributed by atoms with Crippen molar-refractivity contribution >= 4 is 0 Å². The molecular formula is C17H28N2O. The van der Waals surface area contributed by atoms with Gasteiger partial charge in [0.15, 0.2) is 0 Å². The predicted octanol–water partition coefficient (Wildman–Crippen LogP) is 4.36. The summed E-state index contributed by atoms with van der Waals surface area (Å²) in [5.41, 5.74) is 0.170. The van der Waals surface area contributed by atoms with Crippen molar-refractivity contribution in [2.45, 2.75) is 65.7 Å². The summed E-state index contributed by atoms with van der Waals surface area (Å²) in [4.78, 5) is 0. The summed E-state index contributed by atoms with van der Waals surface area (Å²) in [5.74, 6) is 5.52. The van der Waals surface area contributed by atoms with Crippen molar-refractivity contribution in [3.63, 3.8) is 0 Å². The first-order chi connectivity index (χ1) is 9.46. The number of aryl methyl sites for hydroxylation is 1. The number of nitrogens with zero attached hydrogens (tertiary/aromatic N) is 2. The summed E-state index contributed by atoms with van der Waals surface area (Å²) >= 11 is 0. The van der Waals surface area contributed by atoms with Gasteiger partial charge in [-0.15, -0.1) is 10.2 Å².